The minimum absolute atomic E-state index is 0.0241. The summed E-state index contributed by atoms with van der Waals surface area (Å²) in [5.74, 6) is -11.2. The number of sulfone groups is 1. The molecular weight excluding hydrogens is 1870 g/mol. The molecule has 6 aliphatic rings. The summed E-state index contributed by atoms with van der Waals surface area (Å²) in [5, 5.41) is 33.7. The van der Waals surface area contributed by atoms with E-state index in [0.29, 0.717) is 70.1 Å². The van der Waals surface area contributed by atoms with Gasteiger partial charge in [0.15, 0.2) is 27.3 Å². The summed E-state index contributed by atoms with van der Waals surface area (Å²) in [4.78, 5) is 143. The topological polar surface area (TPSA) is 377 Å². The Labute approximate surface area is 792 Å². The first-order valence-electron chi connectivity index (χ1n) is 43.2. The van der Waals surface area contributed by atoms with Crippen molar-refractivity contribution in [3.63, 3.8) is 0 Å². The van der Waals surface area contributed by atoms with Gasteiger partial charge in [-0.2, -0.15) is 15.0 Å². The molecule has 3 saturated heterocycles. The fraction of sp³-hybridized carbons (Fsp3) is 0.319. The van der Waals surface area contributed by atoms with Crippen LogP contribution < -0.4 is 37.1 Å². The van der Waals surface area contributed by atoms with Crippen molar-refractivity contribution in [2.24, 2.45) is 0 Å². The number of aryl methyl sites for hydroxylation is 1. The SMILES string of the molecule is C=CC(=O)N1CCN2c3nc(=O)n(-c4c(C(C)C)ncnc4C(C)C)c4c(F)c(-c5c(O)cccc5F)c(Cl)c(c34)S(=O)(=O)CC2C1.C=CC(=O)N1CCN2c3nc(=O)n(-c4c(C(C)C)ncnc4C(C)C)c4c(F)c(-c5c(O)cccc5F)c(Cl)c(c34)SCC2C1.C=CC(=O)N1CCN2c3nc(=O)n(-c4c(C)ncnc4C(C)C)c4c(F)c(-c5c(O)cccc5F)c(Cl)c(c34)NC(=O)C2C1. The summed E-state index contributed by atoms with van der Waals surface area (Å²) in [6.07, 6.45) is 7.58. The molecule has 12 aromatic rings. The van der Waals surface area contributed by atoms with Gasteiger partial charge in [-0.1, -0.05) is 142 Å². The average Bonchev–Trinajstić information content (AvgIpc) is 1.22. The monoisotopic (exact) mass is 1960 g/mol. The van der Waals surface area contributed by atoms with Crippen LogP contribution in [0.2, 0.25) is 15.1 Å². The van der Waals surface area contributed by atoms with Crippen LogP contribution in [0.5, 0.6) is 17.2 Å². The van der Waals surface area contributed by atoms with Crippen molar-refractivity contribution in [3.8, 4) is 67.7 Å². The van der Waals surface area contributed by atoms with E-state index in [1.165, 1.54) is 80.4 Å². The largest absolute Gasteiger partial charge is 0.507 e. The molecule has 706 valence electrons. The summed E-state index contributed by atoms with van der Waals surface area (Å²) in [5.41, 5.74) is -4.16. The average molecular weight is 1960 g/mol. The zero-order valence-corrected chi connectivity index (χ0v) is 78.9. The number of carbonyl (C=O) groups excluding carboxylic acids is 4. The first-order chi connectivity index (χ1) is 64.6. The molecule has 6 aromatic heterocycles. The lowest BCUT2D eigenvalue weighted by Crippen LogP contribution is -2.58. The number of aromatic hydroxyl groups is 3. The number of fused-ring (bicyclic) bond motifs is 6. The molecule has 0 bridgehead atoms. The smallest absolute Gasteiger partial charge is 0.354 e. The van der Waals surface area contributed by atoms with Crippen molar-refractivity contribution in [2.75, 3.05) is 90.4 Å². The third-order valence-electron chi connectivity index (χ3n) is 24.7. The lowest BCUT2D eigenvalue weighted by Gasteiger charge is -2.41. The number of nitrogens with one attached hydrogen (secondary N) is 1. The first-order valence-corrected chi connectivity index (χ1v) is 47.0. The Kier molecular flexibility index (Phi) is 26.1. The van der Waals surface area contributed by atoms with Crippen molar-refractivity contribution < 1.29 is 69.3 Å². The predicted octanol–water partition coefficient (Wildman–Crippen LogP) is 14.8. The molecule has 136 heavy (non-hydrogen) atoms. The van der Waals surface area contributed by atoms with Crippen LogP contribution in [-0.4, -0.2) is 209 Å². The van der Waals surface area contributed by atoms with Gasteiger partial charge in [-0.05, 0) is 91.1 Å². The molecule has 12 heterocycles. The second kappa shape index (κ2) is 37.0. The van der Waals surface area contributed by atoms with E-state index < -0.39 is 163 Å². The number of hydrogen-bond acceptors (Lipinski definition) is 25. The summed E-state index contributed by atoms with van der Waals surface area (Å²) in [6, 6.07) is 8.13. The number of phenols is 3. The number of thioether (sulfide) groups is 1. The Bertz CT molecular complexity index is 7360. The number of hydrogen-bond donors (Lipinski definition) is 4. The highest BCUT2D eigenvalue weighted by Gasteiger charge is 2.47. The zero-order chi connectivity index (χ0) is 98.0. The van der Waals surface area contributed by atoms with Gasteiger partial charge < -0.3 is 50.0 Å². The third kappa shape index (κ3) is 16.1. The van der Waals surface area contributed by atoms with E-state index in [0.717, 1.165) is 51.6 Å². The van der Waals surface area contributed by atoms with Crippen LogP contribution in [0.25, 0.3) is 83.2 Å². The van der Waals surface area contributed by atoms with E-state index in [1.54, 1.807) is 16.7 Å². The summed E-state index contributed by atoms with van der Waals surface area (Å²) in [7, 11) is -4.47. The van der Waals surface area contributed by atoms with Crippen LogP contribution in [-0.2, 0) is 29.0 Å². The van der Waals surface area contributed by atoms with Gasteiger partial charge in [-0.3, -0.25) is 32.9 Å². The fourth-order valence-electron chi connectivity index (χ4n) is 18.5. The number of aromatic nitrogens is 12. The maximum atomic E-state index is 17.4. The van der Waals surface area contributed by atoms with Gasteiger partial charge in [0, 0.05) is 79.7 Å². The first kappa shape index (κ1) is 95.8. The Morgan fingerprint density at radius 2 is 0.816 bits per heavy atom. The molecule has 4 N–H and O–H groups in total. The van der Waals surface area contributed by atoms with E-state index in [4.69, 9.17) is 34.8 Å². The molecule has 0 saturated carbocycles. The Hall–Kier alpha value is -13.4. The minimum atomic E-state index is -4.47. The van der Waals surface area contributed by atoms with Crippen LogP contribution in [0, 0.1) is 41.8 Å². The molecule has 18 rings (SSSR count). The molecule has 6 aromatic carbocycles. The minimum Gasteiger partial charge on any atom is -0.507 e. The van der Waals surface area contributed by atoms with Crippen molar-refractivity contribution in [1.29, 1.82) is 0 Å². The van der Waals surface area contributed by atoms with E-state index in [2.05, 4.69) is 69.9 Å². The van der Waals surface area contributed by atoms with Gasteiger partial charge in [-0.25, -0.2) is 79.0 Å². The number of amides is 4. The van der Waals surface area contributed by atoms with Gasteiger partial charge in [0.05, 0.1) is 145 Å². The standard InChI is InChI=1S/C32H31ClF2N6O5S.C32H31ClF2N6O3S.C30H26ClF2N7O4/c1-6-20(43)39-10-11-40-17(12-39)13-47(45,46)30-23-28(25(35)22(24(30)33)21-18(34)8-7-9-19(21)42)41(32(44)38-31(23)40)29-26(15(2)3)36-14-37-27(29)16(4)5;1-6-20(43)39-10-11-40-17(12-39)13-45-30-23-28(25(35)22(24(30)33)21-18(34)8-7-9-19(21)42)41(32(44)38-31(23)40)29-26(15(2)3)36-14-37-27(29)16(4)5;1-5-18(42)38-9-10-39-16(11-38)29(43)36-25-21-27(23(33)20(22(25)31)19-15(32)7-6-8-17(19)41)40(30(44)37-28(21)39)26-14(4)34-12-35-24(26)13(2)3/h6-9,14-17,42H,1,10-13H2,2-5H3;6-9,14-17,42H,1,10-13H2,2-5H3;5-8,12-13,16,41H,1,9-11H2,2-4H3,(H,36,43). The molecule has 0 radical (unpaired) electrons. The molecule has 42 heteroatoms. The van der Waals surface area contributed by atoms with Crippen molar-refractivity contribution in [1.82, 2.24) is 73.3 Å². The Morgan fingerprint density at radius 3 is 1.24 bits per heavy atom. The second-order valence-electron chi connectivity index (χ2n) is 34.7. The zero-order valence-electron chi connectivity index (χ0n) is 75.0. The summed E-state index contributed by atoms with van der Waals surface area (Å²) >= 11 is 21.9. The number of piperazine rings is 3. The highest BCUT2D eigenvalue weighted by Crippen LogP contribution is 2.55. The van der Waals surface area contributed by atoms with E-state index >= 15 is 26.3 Å². The van der Waals surface area contributed by atoms with E-state index in [9.17, 15) is 57.3 Å². The Balaban J connectivity index is 0.000000148. The summed E-state index contributed by atoms with van der Waals surface area (Å²) < 4.78 is 130. The van der Waals surface area contributed by atoms with Crippen molar-refractivity contribution in [3.05, 3.63) is 227 Å². The van der Waals surface area contributed by atoms with Crippen LogP contribution in [0.3, 0.4) is 0 Å². The second-order valence-corrected chi connectivity index (χ2v) is 38.8. The van der Waals surface area contributed by atoms with Crippen LogP contribution in [0.1, 0.15) is 133 Å². The van der Waals surface area contributed by atoms with E-state index in [1.807, 2.05) is 74.1 Å². The molecule has 4 amide bonds. The van der Waals surface area contributed by atoms with Gasteiger partial charge >= 0.3 is 17.1 Å². The van der Waals surface area contributed by atoms with Gasteiger partial charge in [-0.15, -0.1) is 11.8 Å². The lowest BCUT2D eigenvalue weighted by molar-refractivity contribution is -0.128. The van der Waals surface area contributed by atoms with Gasteiger partial charge in [0.1, 0.15) is 82.7 Å². The van der Waals surface area contributed by atoms with Gasteiger partial charge in [0.2, 0.25) is 23.6 Å². The highest BCUT2D eigenvalue weighted by atomic mass is 35.5. The predicted molar refractivity (Wildman–Crippen MR) is 505 cm³/mol. The molecule has 3 unspecified atom stereocenters. The molecule has 6 aliphatic heterocycles. The number of rotatable bonds is 14. The Morgan fingerprint density at radius 1 is 0.463 bits per heavy atom. The van der Waals surface area contributed by atoms with Crippen LogP contribution >= 0.6 is 46.6 Å². The molecule has 31 nitrogen and oxygen atoms in total. The van der Waals surface area contributed by atoms with E-state index in [-0.39, 0.29) is 153 Å². The maximum Gasteiger partial charge on any atom is 0.354 e. The highest BCUT2D eigenvalue weighted by molar-refractivity contribution is 7.99. The lowest BCUT2D eigenvalue weighted by atomic mass is 9.98. The van der Waals surface area contributed by atoms with Crippen LogP contribution in [0.4, 0.5) is 49.5 Å². The number of nitrogens with zero attached hydrogens (tertiary/aromatic N) is 18. The molecule has 3 fully saturated rings. The fourth-order valence-corrected chi connectivity index (χ4v) is 22.9. The third-order valence-corrected chi connectivity index (χ3v) is 29.2. The van der Waals surface area contributed by atoms with Crippen LogP contribution in [0.15, 0.2) is 136 Å². The van der Waals surface area contributed by atoms with Gasteiger partial charge in [0.25, 0.3) is 0 Å². The molecule has 0 aliphatic carbocycles. The summed E-state index contributed by atoms with van der Waals surface area (Å²) in [6.45, 7) is 32.1. The molecule has 0 spiro atoms. The normalized spacial score (nSPS) is 16.6. The number of phenolic OH excluding ortho intramolecular Hbond substituents is 3. The maximum absolute atomic E-state index is 17.4. The number of anilines is 4. The number of halogens is 9. The van der Waals surface area contributed by atoms with Crippen molar-refractivity contribution >= 4 is 136 Å². The molecular formula is C94H88Cl3F6N19O12S2. The molecule has 3 atom stereocenters. The van der Waals surface area contributed by atoms with Crippen molar-refractivity contribution in [2.45, 2.75) is 134 Å². The quantitative estimate of drug-likeness (QED) is 0.0446. The number of benzene rings is 6. The number of carbonyl (C=O) groups is 4.